The summed E-state index contributed by atoms with van der Waals surface area (Å²) in [6.45, 7) is 0.696. The molecule has 0 saturated heterocycles. The van der Waals surface area contributed by atoms with Gasteiger partial charge in [0, 0.05) is 22.7 Å². The summed E-state index contributed by atoms with van der Waals surface area (Å²) in [5, 5.41) is 2.20. The van der Waals surface area contributed by atoms with Gasteiger partial charge in [0.25, 0.3) is 0 Å². The van der Waals surface area contributed by atoms with Crippen LogP contribution in [0, 0.1) is 0 Å². The van der Waals surface area contributed by atoms with Crippen molar-refractivity contribution in [2.75, 3.05) is 6.54 Å². The van der Waals surface area contributed by atoms with Crippen LogP contribution in [0.2, 0.25) is 0 Å². The maximum Gasteiger partial charge on any atom is 0.142 e. The summed E-state index contributed by atoms with van der Waals surface area (Å²) in [7, 11) is 0. The van der Waals surface area contributed by atoms with Gasteiger partial charge in [-0.3, -0.25) is 0 Å². The molecule has 3 nitrogen and oxygen atoms in total. The Morgan fingerprint density at radius 1 is 1.14 bits per heavy atom. The second-order valence-electron chi connectivity index (χ2n) is 5.54. The average Bonchev–Trinajstić information content (AvgIpc) is 2.98. The van der Waals surface area contributed by atoms with Crippen molar-refractivity contribution in [1.29, 1.82) is 0 Å². The highest BCUT2D eigenvalue weighted by molar-refractivity contribution is 7.15. The summed E-state index contributed by atoms with van der Waals surface area (Å²) in [5.41, 5.74) is 9.11. The highest BCUT2D eigenvalue weighted by Gasteiger charge is 2.24. The van der Waals surface area contributed by atoms with E-state index in [0.717, 1.165) is 29.1 Å². The minimum atomic E-state index is 0.430. The molecule has 4 heteroatoms. The SMILES string of the molecule is NCC1CCCc2sc(-c3ccc4ccccc4n3)nc21. The van der Waals surface area contributed by atoms with Crippen LogP contribution in [0.1, 0.15) is 29.3 Å². The molecular weight excluding hydrogens is 278 g/mol. The molecule has 0 aliphatic heterocycles. The number of fused-ring (bicyclic) bond motifs is 2. The fourth-order valence-corrected chi connectivity index (χ4v) is 4.19. The van der Waals surface area contributed by atoms with Crippen molar-refractivity contribution in [2.24, 2.45) is 5.73 Å². The van der Waals surface area contributed by atoms with Gasteiger partial charge in [-0.05, 0) is 31.4 Å². The Morgan fingerprint density at radius 2 is 2.05 bits per heavy atom. The van der Waals surface area contributed by atoms with Gasteiger partial charge >= 0.3 is 0 Å². The predicted octanol–water partition coefficient (Wildman–Crippen LogP) is 3.74. The van der Waals surface area contributed by atoms with Crippen molar-refractivity contribution in [1.82, 2.24) is 9.97 Å². The fraction of sp³-hybridized carbons (Fsp3) is 0.294. The van der Waals surface area contributed by atoms with Crippen LogP contribution in [0.25, 0.3) is 21.6 Å². The molecule has 3 aromatic rings. The fourth-order valence-electron chi connectivity index (χ4n) is 3.03. The number of thiazole rings is 1. The molecule has 0 radical (unpaired) electrons. The molecule has 2 N–H and O–H groups in total. The molecule has 2 heterocycles. The van der Waals surface area contributed by atoms with E-state index in [4.69, 9.17) is 15.7 Å². The standard InChI is InChI=1S/C17H17N3S/c18-10-12-5-3-7-15-16(12)20-17(21-15)14-9-8-11-4-1-2-6-13(11)19-14/h1-2,4,6,8-9,12H,3,5,7,10,18H2. The lowest BCUT2D eigenvalue weighted by molar-refractivity contribution is 0.554. The molecule has 21 heavy (non-hydrogen) atoms. The number of hydrogen-bond donors (Lipinski definition) is 1. The molecule has 106 valence electrons. The van der Waals surface area contributed by atoms with Gasteiger partial charge in [0.2, 0.25) is 0 Å². The molecule has 1 unspecified atom stereocenters. The van der Waals surface area contributed by atoms with Gasteiger partial charge in [-0.15, -0.1) is 11.3 Å². The summed E-state index contributed by atoms with van der Waals surface area (Å²) in [6.07, 6.45) is 3.52. The first-order chi connectivity index (χ1) is 10.3. The number of nitrogens with two attached hydrogens (primary N) is 1. The number of benzene rings is 1. The third-order valence-electron chi connectivity index (χ3n) is 4.17. The molecule has 4 rings (SSSR count). The third kappa shape index (κ3) is 2.24. The van der Waals surface area contributed by atoms with Gasteiger partial charge in [0.05, 0.1) is 16.9 Å². The first kappa shape index (κ1) is 12.9. The smallest absolute Gasteiger partial charge is 0.142 e. The number of nitrogens with zero attached hydrogens (tertiary/aromatic N) is 2. The van der Waals surface area contributed by atoms with Gasteiger partial charge in [0.1, 0.15) is 5.01 Å². The Kier molecular flexibility index (Phi) is 3.20. The van der Waals surface area contributed by atoms with Crippen LogP contribution in [0.3, 0.4) is 0 Å². The predicted molar refractivity (Wildman–Crippen MR) is 87.6 cm³/mol. The van der Waals surface area contributed by atoms with Gasteiger partial charge in [0.15, 0.2) is 0 Å². The van der Waals surface area contributed by atoms with E-state index in [0.29, 0.717) is 12.5 Å². The maximum absolute atomic E-state index is 5.89. The number of aryl methyl sites for hydroxylation is 1. The zero-order valence-electron chi connectivity index (χ0n) is 11.7. The lowest BCUT2D eigenvalue weighted by Crippen LogP contribution is -2.17. The minimum absolute atomic E-state index is 0.430. The molecule has 1 aliphatic rings. The largest absolute Gasteiger partial charge is 0.330 e. The maximum atomic E-state index is 5.89. The van der Waals surface area contributed by atoms with Crippen molar-refractivity contribution in [2.45, 2.75) is 25.2 Å². The Bertz CT molecular complexity index is 794. The van der Waals surface area contributed by atoms with Crippen molar-refractivity contribution in [3.8, 4) is 10.7 Å². The Morgan fingerprint density at radius 3 is 2.95 bits per heavy atom. The van der Waals surface area contributed by atoms with Crippen LogP contribution >= 0.6 is 11.3 Å². The first-order valence-electron chi connectivity index (χ1n) is 7.41. The molecule has 0 spiro atoms. The van der Waals surface area contributed by atoms with Crippen LogP contribution in [0.5, 0.6) is 0 Å². The molecule has 1 aliphatic carbocycles. The monoisotopic (exact) mass is 295 g/mol. The Labute approximate surface area is 127 Å². The van der Waals surface area contributed by atoms with Gasteiger partial charge < -0.3 is 5.73 Å². The molecule has 0 amide bonds. The zero-order chi connectivity index (χ0) is 14.2. The van der Waals surface area contributed by atoms with Crippen LogP contribution in [0.15, 0.2) is 36.4 Å². The van der Waals surface area contributed by atoms with Gasteiger partial charge in [-0.2, -0.15) is 0 Å². The van der Waals surface area contributed by atoms with Crippen molar-refractivity contribution in [3.63, 3.8) is 0 Å². The number of rotatable bonds is 2. The van der Waals surface area contributed by atoms with Crippen molar-refractivity contribution >= 4 is 22.2 Å². The lowest BCUT2D eigenvalue weighted by atomic mass is 9.91. The van der Waals surface area contributed by atoms with Crippen molar-refractivity contribution < 1.29 is 0 Å². The molecule has 0 saturated carbocycles. The van der Waals surface area contributed by atoms with E-state index in [1.807, 2.05) is 12.1 Å². The van der Waals surface area contributed by atoms with E-state index in [-0.39, 0.29) is 0 Å². The zero-order valence-corrected chi connectivity index (χ0v) is 12.6. The summed E-state index contributed by atoms with van der Waals surface area (Å²) in [6, 6.07) is 12.4. The third-order valence-corrected chi connectivity index (χ3v) is 5.33. The van der Waals surface area contributed by atoms with E-state index in [2.05, 4.69) is 24.3 Å². The van der Waals surface area contributed by atoms with Crippen LogP contribution in [-0.2, 0) is 6.42 Å². The van der Waals surface area contributed by atoms with Crippen LogP contribution in [0.4, 0.5) is 0 Å². The second-order valence-corrected chi connectivity index (χ2v) is 6.63. The molecule has 2 aromatic heterocycles. The number of pyridine rings is 1. The van der Waals surface area contributed by atoms with Crippen molar-refractivity contribution in [3.05, 3.63) is 47.0 Å². The molecule has 1 aromatic carbocycles. The quantitative estimate of drug-likeness (QED) is 0.783. The second kappa shape index (κ2) is 5.20. The number of para-hydroxylation sites is 1. The minimum Gasteiger partial charge on any atom is -0.330 e. The molecular formula is C17H17N3S. The lowest BCUT2D eigenvalue weighted by Gasteiger charge is -2.18. The highest BCUT2D eigenvalue weighted by atomic mass is 32.1. The topological polar surface area (TPSA) is 51.8 Å². The Hall–Kier alpha value is -1.78. The highest BCUT2D eigenvalue weighted by Crippen LogP contribution is 2.37. The molecule has 0 bridgehead atoms. The van der Waals surface area contributed by atoms with Crippen LogP contribution < -0.4 is 5.73 Å². The summed E-state index contributed by atoms with van der Waals surface area (Å²) in [5.74, 6) is 0.430. The van der Waals surface area contributed by atoms with Gasteiger partial charge in [-0.1, -0.05) is 24.3 Å². The van der Waals surface area contributed by atoms with E-state index in [1.165, 1.54) is 22.4 Å². The normalized spacial score (nSPS) is 17.9. The Balaban J connectivity index is 1.80. The number of hydrogen-bond acceptors (Lipinski definition) is 4. The van der Waals surface area contributed by atoms with Gasteiger partial charge in [-0.25, -0.2) is 9.97 Å². The van der Waals surface area contributed by atoms with E-state index < -0.39 is 0 Å². The number of aromatic nitrogens is 2. The average molecular weight is 295 g/mol. The summed E-state index contributed by atoms with van der Waals surface area (Å²) >= 11 is 1.79. The van der Waals surface area contributed by atoms with Crippen LogP contribution in [-0.4, -0.2) is 16.5 Å². The first-order valence-corrected chi connectivity index (χ1v) is 8.22. The molecule has 1 atom stereocenters. The molecule has 0 fully saturated rings. The van der Waals surface area contributed by atoms with E-state index in [9.17, 15) is 0 Å². The van der Waals surface area contributed by atoms with E-state index in [1.54, 1.807) is 11.3 Å². The summed E-state index contributed by atoms with van der Waals surface area (Å²) < 4.78 is 0. The van der Waals surface area contributed by atoms with E-state index >= 15 is 0 Å². The summed E-state index contributed by atoms with van der Waals surface area (Å²) in [4.78, 5) is 11.0.